The third-order valence-corrected chi connectivity index (χ3v) is 4.44. The molecule has 0 bridgehead atoms. The van der Waals surface area contributed by atoms with Gasteiger partial charge in [-0.15, -0.1) is 10.2 Å². The zero-order chi connectivity index (χ0) is 16.2. The molecule has 1 fully saturated rings. The molecule has 0 saturated carbocycles. The highest BCUT2D eigenvalue weighted by molar-refractivity contribution is 7.13. The summed E-state index contributed by atoms with van der Waals surface area (Å²) in [6.07, 6.45) is 0. The minimum Gasteiger partial charge on any atom is -0.338 e. The molecule has 124 valence electrons. The van der Waals surface area contributed by atoms with Gasteiger partial charge in [0.25, 0.3) is 0 Å². The number of hydrogen-bond acceptors (Lipinski definition) is 9. The van der Waals surface area contributed by atoms with E-state index >= 15 is 0 Å². The Bertz CT molecular complexity index is 637. The Kier molecular flexibility index (Phi) is 4.94. The van der Waals surface area contributed by atoms with E-state index in [0.29, 0.717) is 23.4 Å². The number of aromatic nitrogens is 4. The maximum atomic E-state index is 12.0. The molecule has 1 aliphatic heterocycles. The number of carbonyl (C=O) groups excluding carboxylic acids is 1. The first kappa shape index (κ1) is 16.0. The first-order valence-corrected chi connectivity index (χ1v) is 8.32. The molecule has 1 N–H and O–H groups in total. The molecule has 0 unspecified atom stereocenters. The van der Waals surface area contributed by atoms with Gasteiger partial charge >= 0.3 is 0 Å². The Labute approximate surface area is 137 Å². The van der Waals surface area contributed by atoms with Gasteiger partial charge in [0.1, 0.15) is 5.51 Å². The number of aryl methyl sites for hydroxylation is 1. The van der Waals surface area contributed by atoms with Gasteiger partial charge in [-0.25, -0.2) is 0 Å². The summed E-state index contributed by atoms with van der Waals surface area (Å²) < 4.78 is 5.24. The highest BCUT2D eigenvalue weighted by atomic mass is 32.1. The van der Waals surface area contributed by atoms with Crippen molar-refractivity contribution < 1.29 is 9.32 Å². The first-order valence-electron chi connectivity index (χ1n) is 7.44. The van der Waals surface area contributed by atoms with Crippen molar-refractivity contribution in [2.24, 2.45) is 0 Å². The summed E-state index contributed by atoms with van der Waals surface area (Å²) in [4.78, 5) is 20.7. The molecule has 0 aliphatic carbocycles. The minimum atomic E-state index is -0.0595. The summed E-state index contributed by atoms with van der Waals surface area (Å²) in [7, 11) is 0. The van der Waals surface area contributed by atoms with Crippen LogP contribution in [0.5, 0.6) is 0 Å². The van der Waals surface area contributed by atoms with Crippen LogP contribution in [0.15, 0.2) is 10.0 Å². The van der Waals surface area contributed by atoms with Crippen LogP contribution in [0.3, 0.4) is 0 Å². The van der Waals surface area contributed by atoms with E-state index in [-0.39, 0.29) is 11.9 Å². The fraction of sp³-hybridized carbons (Fsp3) is 0.615. The lowest BCUT2D eigenvalue weighted by molar-refractivity contribution is -0.117. The standard InChI is InChI=1S/C13H19N7O2S/c1-9(12-15-10(2)18-22-12)20-5-3-19(4-6-20)7-11(21)16-13-17-14-8-23-13/h8-9H,3-7H2,1-2H3,(H,16,17,21)/t9-/m0/s1. The normalized spacial score (nSPS) is 18.0. The zero-order valence-electron chi connectivity index (χ0n) is 13.1. The van der Waals surface area contributed by atoms with Crippen molar-refractivity contribution in [2.45, 2.75) is 19.9 Å². The number of nitrogens with one attached hydrogen (secondary N) is 1. The quantitative estimate of drug-likeness (QED) is 0.844. The van der Waals surface area contributed by atoms with Crippen LogP contribution in [0.2, 0.25) is 0 Å². The van der Waals surface area contributed by atoms with Crippen molar-refractivity contribution >= 4 is 22.4 Å². The van der Waals surface area contributed by atoms with Gasteiger partial charge in [-0.2, -0.15) is 4.98 Å². The highest BCUT2D eigenvalue weighted by Crippen LogP contribution is 2.20. The van der Waals surface area contributed by atoms with Crippen molar-refractivity contribution in [3.05, 3.63) is 17.2 Å². The van der Waals surface area contributed by atoms with Crippen LogP contribution in [-0.2, 0) is 4.79 Å². The molecule has 1 amide bonds. The summed E-state index contributed by atoms with van der Waals surface area (Å²) in [5.74, 6) is 1.24. The predicted molar refractivity (Wildman–Crippen MR) is 84.0 cm³/mol. The van der Waals surface area contributed by atoms with Crippen molar-refractivity contribution in [1.82, 2.24) is 30.1 Å². The van der Waals surface area contributed by atoms with Crippen LogP contribution < -0.4 is 5.32 Å². The second-order valence-electron chi connectivity index (χ2n) is 5.46. The maximum absolute atomic E-state index is 12.0. The summed E-state index contributed by atoms with van der Waals surface area (Å²) >= 11 is 1.31. The predicted octanol–water partition coefficient (Wildman–Crippen LogP) is 0.547. The first-order chi connectivity index (χ1) is 11.1. The van der Waals surface area contributed by atoms with Crippen molar-refractivity contribution in [1.29, 1.82) is 0 Å². The molecule has 1 aliphatic rings. The molecule has 0 aromatic carbocycles. The Morgan fingerprint density at radius 3 is 2.83 bits per heavy atom. The molecule has 1 atom stereocenters. The number of amides is 1. The summed E-state index contributed by atoms with van der Waals surface area (Å²) in [5.41, 5.74) is 1.59. The van der Waals surface area contributed by atoms with Crippen LogP contribution >= 0.6 is 11.3 Å². The molecular formula is C13H19N7O2S. The average molecular weight is 337 g/mol. The maximum Gasteiger partial charge on any atom is 0.243 e. The number of hydrogen-bond donors (Lipinski definition) is 1. The fourth-order valence-electron chi connectivity index (χ4n) is 2.54. The molecule has 0 radical (unpaired) electrons. The summed E-state index contributed by atoms with van der Waals surface area (Å²) in [6.45, 7) is 7.59. The van der Waals surface area contributed by atoms with Gasteiger partial charge in [-0.05, 0) is 13.8 Å². The number of anilines is 1. The lowest BCUT2D eigenvalue weighted by Gasteiger charge is -2.36. The Morgan fingerprint density at radius 2 is 2.22 bits per heavy atom. The average Bonchev–Trinajstić information content (AvgIpc) is 3.19. The van der Waals surface area contributed by atoms with Gasteiger partial charge in [-0.3, -0.25) is 19.9 Å². The van der Waals surface area contributed by atoms with Crippen LogP contribution in [0.1, 0.15) is 24.7 Å². The van der Waals surface area contributed by atoms with E-state index in [1.54, 1.807) is 5.51 Å². The largest absolute Gasteiger partial charge is 0.338 e. The van der Waals surface area contributed by atoms with Gasteiger partial charge in [-0.1, -0.05) is 16.5 Å². The molecule has 2 aromatic heterocycles. The smallest absolute Gasteiger partial charge is 0.243 e. The number of nitrogens with zero attached hydrogens (tertiary/aromatic N) is 6. The second-order valence-corrected chi connectivity index (χ2v) is 6.29. The summed E-state index contributed by atoms with van der Waals surface area (Å²) in [5, 5.41) is 14.6. The van der Waals surface area contributed by atoms with E-state index in [1.165, 1.54) is 11.3 Å². The van der Waals surface area contributed by atoms with Gasteiger partial charge in [0, 0.05) is 26.2 Å². The van der Waals surface area contributed by atoms with E-state index in [9.17, 15) is 4.79 Å². The van der Waals surface area contributed by atoms with Crippen molar-refractivity contribution in [2.75, 3.05) is 38.0 Å². The van der Waals surface area contributed by atoms with Gasteiger partial charge in [0.15, 0.2) is 5.82 Å². The Balaban J connectivity index is 1.45. The summed E-state index contributed by atoms with van der Waals surface area (Å²) in [6, 6.07) is 0.0913. The molecule has 2 aromatic rings. The molecule has 3 heterocycles. The van der Waals surface area contributed by atoms with E-state index in [1.807, 2.05) is 6.92 Å². The van der Waals surface area contributed by atoms with Crippen LogP contribution in [0.25, 0.3) is 0 Å². The van der Waals surface area contributed by atoms with Gasteiger partial charge < -0.3 is 4.52 Å². The van der Waals surface area contributed by atoms with Crippen molar-refractivity contribution in [3.8, 4) is 0 Å². The van der Waals surface area contributed by atoms with Crippen LogP contribution in [0.4, 0.5) is 5.13 Å². The number of carbonyl (C=O) groups is 1. The molecule has 23 heavy (non-hydrogen) atoms. The second kappa shape index (κ2) is 7.11. The monoisotopic (exact) mass is 337 g/mol. The minimum absolute atomic E-state index is 0.0595. The van der Waals surface area contributed by atoms with Crippen LogP contribution in [-0.4, -0.2) is 68.8 Å². The molecule has 0 spiro atoms. The molecular weight excluding hydrogens is 318 g/mol. The topological polar surface area (TPSA) is 100 Å². The van der Waals surface area contributed by atoms with E-state index in [0.717, 1.165) is 26.2 Å². The third kappa shape index (κ3) is 4.09. The van der Waals surface area contributed by atoms with Crippen molar-refractivity contribution in [3.63, 3.8) is 0 Å². The van der Waals surface area contributed by atoms with E-state index in [4.69, 9.17) is 4.52 Å². The SMILES string of the molecule is Cc1noc([C@H](C)N2CCN(CC(=O)Nc3nncs3)CC2)n1. The Hall–Kier alpha value is -1.91. The third-order valence-electron chi connectivity index (χ3n) is 3.83. The molecule has 3 rings (SSSR count). The molecule has 9 nitrogen and oxygen atoms in total. The lowest BCUT2D eigenvalue weighted by atomic mass is 10.2. The van der Waals surface area contributed by atoms with Gasteiger partial charge in [0.05, 0.1) is 12.6 Å². The number of rotatable bonds is 5. The Morgan fingerprint density at radius 1 is 1.43 bits per heavy atom. The van der Waals surface area contributed by atoms with Gasteiger partial charge in [0.2, 0.25) is 16.9 Å². The fourth-order valence-corrected chi connectivity index (χ4v) is 3.00. The van der Waals surface area contributed by atoms with E-state index in [2.05, 4.69) is 42.4 Å². The van der Waals surface area contributed by atoms with Crippen LogP contribution in [0, 0.1) is 6.92 Å². The highest BCUT2D eigenvalue weighted by Gasteiger charge is 2.26. The zero-order valence-corrected chi connectivity index (χ0v) is 13.9. The molecule has 10 heteroatoms. The van der Waals surface area contributed by atoms with E-state index < -0.39 is 0 Å². The lowest BCUT2D eigenvalue weighted by Crippen LogP contribution is -2.49. The number of piperazine rings is 1. The molecule has 1 saturated heterocycles.